The van der Waals surface area contributed by atoms with Crippen molar-refractivity contribution in [2.75, 3.05) is 32.0 Å². The van der Waals surface area contributed by atoms with Gasteiger partial charge in [0.1, 0.15) is 6.04 Å². The van der Waals surface area contributed by atoms with Crippen molar-refractivity contribution in [1.29, 1.82) is 0 Å². The molecule has 0 radical (unpaired) electrons. The van der Waals surface area contributed by atoms with Crippen molar-refractivity contribution in [1.82, 2.24) is 25.5 Å². The first-order valence-electron chi connectivity index (χ1n) is 15.8. The lowest BCUT2D eigenvalue weighted by Crippen LogP contribution is -2.40. The summed E-state index contributed by atoms with van der Waals surface area (Å²) in [5.41, 5.74) is 4.27. The van der Waals surface area contributed by atoms with E-state index < -0.39 is 12.1 Å². The van der Waals surface area contributed by atoms with Crippen LogP contribution in [-0.2, 0) is 23.1 Å². The summed E-state index contributed by atoms with van der Waals surface area (Å²) < 4.78 is 17.2. The number of carbonyl (C=O) groups is 2. The Morgan fingerprint density at radius 3 is 2.35 bits per heavy atom. The molecular formula is C35H41N7O6. The van der Waals surface area contributed by atoms with Crippen molar-refractivity contribution in [2.24, 2.45) is 13.0 Å². The second-order valence-corrected chi connectivity index (χ2v) is 11.8. The number of aromatic nitrogens is 4. The molecule has 1 aliphatic rings. The van der Waals surface area contributed by atoms with E-state index in [0.717, 1.165) is 16.7 Å². The van der Waals surface area contributed by atoms with Gasteiger partial charge in [0.15, 0.2) is 11.5 Å². The number of hydrogen-bond acceptors (Lipinski definition) is 10. The summed E-state index contributed by atoms with van der Waals surface area (Å²) in [5, 5.41) is 21.3. The number of rotatable bonds is 11. The van der Waals surface area contributed by atoms with Gasteiger partial charge in [0.05, 0.1) is 40.1 Å². The zero-order chi connectivity index (χ0) is 34.5. The van der Waals surface area contributed by atoms with Gasteiger partial charge in [0.2, 0.25) is 28.8 Å². The van der Waals surface area contributed by atoms with Crippen LogP contribution in [0, 0.1) is 5.92 Å². The minimum absolute atomic E-state index is 0.125. The van der Waals surface area contributed by atoms with E-state index in [-0.39, 0.29) is 28.8 Å². The van der Waals surface area contributed by atoms with Crippen LogP contribution in [0.4, 0.5) is 11.4 Å². The number of hydrogen-bond donors (Lipinski definition) is 3. The molecule has 3 aromatic carbocycles. The largest absolute Gasteiger partial charge is 0.493 e. The average molecular weight is 656 g/mol. The molecule has 3 unspecified atom stereocenters. The summed E-state index contributed by atoms with van der Waals surface area (Å²) in [4.78, 5) is 41.3. The molecule has 0 aliphatic heterocycles. The van der Waals surface area contributed by atoms with Crippen molar-refractivity contribution >= 4 is 23.2 Å². The molecule has 252 valence electrons. The number of carbonyl (C=O) groups excluding carboxylic acids is 2. The molecule has 0 bridgehead atoms. The third-order valence-corrected chi connectivity index (χ3v) is 8.64. The van der Waals surface area contributed by atoms with Gasteiger partial charge in [-0.15, -0.1) is 10.2 Å². The molecule has 2 amide bonds. The lowest BCUT2D eigenvalue weighted by atomic mass is 9.95. The Bertz CT molecular complexity index is 1870. The number of tetrazole rings is 1. The van der Waals surface area contributed by atoms with Crippen LogP contribution in [-0.4, -0.2) is 59.4 Å². The first-order chi connectivity index (χ1) is 23.1. The lowest BCUT2D eigenvalue weighted by molar-refractivity contribution is -0.120. The molecule has 13 nitrogen and oxygen atoms in total. The van der Waals surface area contributed by atoms with Crippen LogP contribution in [0.1, 0.15) is 50.8 Å². The van der Waals surface area contributed by atoms with E-state index in [1.165, 1.54) is 24.9 Å². The number of aryl methyl sites for hydroxylation is 2. The van der Waals surface area contributed by atoms with Crippen LogP contribution < -0.4 is 35.6 Å². The van der Waals surface area contributed by atoms with Gasteiger partial charge in [-0.2, -0.15) is 4.80 Å². The number of nitrogens with one attached hydrogen (secondary N) is 3. The number of ether oxygens (including phenoxy) is 3. The van der Waals surface area contributed by atoms with Crippen LogP contribution >= 0.6 is 0 Å². The second-order valence-electron chi connectivity index (χ2n) is 11.8. The van der Waals surface area contributed by atoms with E-state index in [4.69, 9.17) is 14.2 Å². The molecule has 1 heterocycles. The molecule has 3 atom stereocenters. The molecule has 0 saturated carbocycles. The number of benzene rings is 2. The summed E-state index contributed by atoms with van der Waals surface area (Å²) >= 11 is 0. The first-order valence-corrected chi connectivity index (χ1v) is 15.8. The molecule has 3 N–H and O–H groups in total. The number of methoxy groups -OCH3 is 3. The van der Waals surface area contributed by atoms with Crippen molar-refractivity contribution in [3.05, 3.63) is 69.9 Å². The van der Waals surface area contributed by atoms with Crippen LogP contribution in [0.25, 0.3) is 22.5 Å². The third-order valence-electron chi connectivity index (χ3n) is 8.64. The van der Waals surface area contributed by atoms with Crippen molar-refractivity contribution in [3.63, 3.8) is 0 Å². The molecule has 48 heavy (non-hydrogen) atoms. The number of anilines is 2. The number of fused-ring (bicyclic) bond motifs is 3. The zero-order valence-electron chi connectivity index (χ0n) is 28.2. The van der Waals surface area contributed by atoms with Gasteiger partial charge >= 0.3 is 0 Å². The van der Waals surface area contributed by atoms with E-state index in [1.807, 2.05) is 26.0 Å². The lowest BCUT2D eigenvalue weighted by Gasteiger charge is -2.24. The van der Waals surface area contributed by atoms with E-state index in [2.05, 4.69) is 31.4 Å². The maximum absolute atomic E-state index is 13.9. The Hall–Kier alpha value is -5.46. The van der Waals surface area contributed by atoms with Crippen molar-refractivity contribution in [2.45, 2.75) is 52.1 Å². The van der Waals surface area contributed by atoms with Gasteiger partial charge in [-0.05, 0) is 83.1 Å². The molecule has 0 saturated heterocycles. The molecule has 0 fully saturated rings. The summed E-state index contributed by atoms with van der Waals surface area (Å²) in [5.74, 6) is 1.24. The summed E-state index contributed by atoms with van der Waals surface area (Å²) in [6.45, 7) is 5.40. The topological polar surface area (TPSA) is 159 Å². The normalized spacial score (nSPS) is 14.8. The Labute approximate surface area is 279 Å². The van der Waals surface area contributed by atoms with Crippen molar-refractivity contribution < 1.29 is 23.8 Å². The third kappa shape index (κ3) is 6.94. The fraction of sp³-hybridized carbons (Fsp3) is 0.371. The minimum Gasteiger partial charge on any atom is -0.493 e. The van der Waals surface area contributed by atoms with E-state index >= 15 is 0 Å². The Kier molecular flexibility index (Phi) is 10.3. The summed E-state index contributed by atoms with van der Waals surface area (Å²) in [6, 6.07) is 12.9. The van der Waals surface area contributed by atoms with E-state index in [9.17, 15) is 14.4 Å². The maximum atomic E-state index is 13.9. The van der Waals surface area contributed by atoms with Crippen LogP contribution in [0.5, 0.6) is 17.2 Å². The van der Waals surface area contributed by atoms with Gasteiger partial charge < -0.3 is 30.2 Å². The minimum atomic E-state index is -0.733. The van der Waals surface area contributed by atoms with Crippen LogP contribution in [0.3, 0.4) is 0 Å². The smallest absolute Gasteiger partial charge is 0.247 e. The van der Waals surface area contributed by atoms with E-state index in [1.54, 1.807) is 51.6 Å². The van der Waals surface area contributed by atoms with Gasteiger partial charge in [0, 0.05) is 23.7 Å². The molecule has 5 rings (SSSR count). The SMILES string of the molecule is CCC(C)C(Nc1ccc2c(cc1=O)C(NC(C)=O)CCc1cc(OC)c(OC)c(OC)c1-2)C(=O)Nc1ccc(-c2nnn(C)n2)cc1. The molecule has 4 aromatic rings. The molecule has 13 heteroatoms. The number of amides is 2. The molecule has 1 aromatic heterocycles. The number of nitrogens with zero attached hydrogens (tertiary/aromatic N) is 4. The molecular weight excluding hydrogens is 614 g/mol. The predicted octanol–water partition coefficient (Wildman–Crippen LogP) is 4.52. The fourth-order valence-electron chi connectivity index (χ4n) is 6.02. The van der Waals surface area contributed by atoms with Gasteiger partial charge in [-0.25, -0.2) is 0 Å². The second kappa shape index (κ2) is 14.5. The highest BCUT2D eigenvalue weighted by Gasteiger charge is 2.30. The summed E-state index contributed by atoms with van der Waals surface area (Å²) in [7, 11) is 6.34. The molecule has 1 aliphatic carbocycles. The maximum Gasteiger partial charge on any atom is 0.247 e. The highest BCUT2D eigenvalue weighted by atomic mass is 16.5. The van der Waals surface area contributed by atoms with Gasteiger partial charge in [-0.1, -0.05) is 26.3 Å². The standard InChI is InChI=1S/C35H41N7O6/c1-8-19(2)31(35(45)37-23-12-9-21(10-13-23)34-39-41-42(4)40-34)38-27-16-14-24-25(18-28(27)44)26(36-20(3)43)15-11-22-17-29(46-5)32(47-6)33(48-7)30(22)24/h9-10,12-14,16-19,26,31H,8,11,15H2,1-7H3,(H,36,43)(H,37,45)(H,38,44). The van der Waals surface area contributed by atoms with Crippen LogP contribution in [0.15, 0.2) is 53.3 Å². The fourth-order valence-corrected chi connectivity index (χ4v) is 6.02. The first kappa shape index (κ1) is 33.9. The predicted molar refractivity (Wildman–Crippen MR) is 182 cm³/mol. The average Bonchev–Trinajstić information content (AvgIpc) is 3.38. The Morgan fingerprint density at radius 1 is 1.02 bits per heavy atom. The highest BCUT2D eigenvalue weighted by Crippen LogP contribution is 2.50. The van der Waals surface area contributed by atoms with Gasteiger partial charge in [0.25, 0.3) is 0 Å². The van der Waals surface area contributed by atoms with Crippen molar-refractivity contribution in [3.8, 4) is 39.8 Å². The van der Waals surface area contributed by atoms with Gasteiger partial charge in [-0.3, -0.25) is 14.4 Å². The van der Waals surface area contributed by atoms with Crippen LogP contribution in [0.2, 0.25) is 0 Å². The Balaban J connectivity index is 1.54. The Morgan fingerprint density at radius 2 is 1.75 bits per heavy atom. The quantitative estimate of drug-likeness (QED) is 0.210. The zero-order valence-corrected chi connectivity index (χ0v) is 28.2. The van der Waals surface area contributed by atoms with E-state index in [0.29, 0.717) is 59.1 Å². The monoisotopic (exact) mass is 655 g/mol. The highest BCUT2D eigenvalue weighted by molar-refractivity contribution is 5.97. The summed E-state index contributed by atoms with van der Waals surface area (Å²) in [6.07, 6.45) is 1.80. The molecule has 0 spiro atoms.